The first-order chi connectivity index (χ1) is 11.5. The molecule has 0 radical (unpaired) electrons. The van der Waals surface area contributed by atoms with Crippen LogP contribution in [0.3, 0.4) is 0 Å². The summed E-state index contributed by atoms with van der Waals surface area (Å²) in [4.78, 5) is 23.3. The van der Waals surface area contributed by atoms with Crippen LogP contribution >= 0.6 is 0 Å². The van der Waals surface area contributed by atoms with Crippen LogP contribution in [0.2, 0.25) is 0 Å². The summed E-state index contributed by atoms with van der Waals surface area (Å²) in [5.74, 6) is -0.803. The van der Waals surface area contributed by atoms with Crippen LogP contribution in [0, 0.1) is 6.92 Å². The quantitative estimate of drug-likeness (QED) is 0.807. The number of aryl methyl sites for hydroxylation is 1. The Morgan fingerprint density at radius 2 is 2.04 bits per heavy atom. The van der Waals surface area contributed by atoms with Crippen LogP contribution in [0.5, 0.6) is 5.75 Å². The van der Waals surface area contributed by atoms with Gasteiger partial charge in [0.15, 0.2) is 0 Å². The third-order valence-electron chi connectivity index (χ3n) is 4.52. The average Bonchev–Trinajstić information content (AvgIpc) is 2.93. The lowest BCUT2D eigenvalue weighted by Gasteiger charge is -2.15. The zero-order chi connectivity index (χ0) is 17.3. The minimum absolute atomic E-state index is 0.0850. The number of aromatic carboxylic acids is 1. The Morgan fingerprint density at radius 3 is 2.75 bits per heavy atom. The maximum atomic E-state index is 12.3. The van der Waals surface area contributed by atoms with E-state index in [1.54, 1.807) is 31.2 Å². The number of aromatic hydroxyl groups is 1. The number of rotatable bonds is 4. The molecule has 1 atom stereocenters. The monoisotopic (exact) mass is 325 g/mol. The van der Waals surface area contributed by atoms with E-state index in [2.05, 4.69) is 5.32 Å². The number of benzene rings is 2. The number of carbonyl (C=O) groups excluding carboxylic acids is 1. The summed E-state index contributed by atoms with van der Waals surface area (Å²) in [6, 6.07) is 10.1. The summed E-state index contributed by atoms with van der Waals surface area (Å²) >= 11 is 0. The highest BCUT2D eigenvalue weighted by Gasteiger charge is 2.26. The number of nitrogens with one attached hydrogen (secondary N) is 1. The highest BCUT2D eigenvalue weighted by Crippen LogP contribution is 2.36. The number of carboxylic acid groups (broad SMARTS) is 1. The lowest BCUT2D eigenvalue weighted by molar-refractivity contribution is -0.121. The van der Waals surface area contributed by atoms with Crippen molar-refractivity contribution in [3.8, 4) is 5.75 Å². The minimum atomic E-state index is -0.975. The predicted molar refractivity (Wildman–Crippen MR) is 89.2 cm³/mol. The molecule has 5 heteroatoms. The zero-order valence-electron chi connectivity index (χ0n) is 13.4. The van der Waals surface area contributed by atoms with Gasteiger partial charge in [0.1, 0.15) is 5.75 Å². The first-order valence-corrected chi connectivity index (χ1v) is 7.88. The molecule has 0 aliphatic heterocycles. The number of fused-ring (bicyclic) bond motifs is 1. The van der Waals surface area contributed by atoms with Crippen molar-refractivity contribution < 1.29 is 19.8 Å². The fourth-order valence-corrected chi connectivity index (χ4v) is 3.23. The molecule has 1 aliphatic carbocycles. The van der Waals surface area contributed by atoms with Crippen molar-refractivity contribution in [1.82, 2.24) is 5.32 Å². The largest absolute Gasteiger partial charge is 0.508 e. The van der Waals surface area contributed by atoms with Gasteiger partial charge in [0.05, 0.1) is 18.0 Å². The van der Waals surface area contributed by atoms with Crippen molar-refractivity contribution in [2.75, 3.05) is 0 Å². The van der Waals surface area contributed by atoms with Gasteiger partial charge in [0.2, 0.25) is 5.91 Å². The molecule has 0 fully saturated rings. The summed E-state index contributed by atoms with van der Waals surface area (Å²) in [5.41, 5.74) is 3.70. The van der Waals surface area contributed by atoms with Gasteiger partial charge in [-0.1, -0.05) is 18.2 Å². The van der Waals surface area contributed by atoms with Crippen LogP contribution in [0.25, 0.3) is 0 Å². The van der Waals surface area contributed by atoms with Gasteiger partial charge >= 0.3 is 5.97 Å². The van der Waals surface area contributed by atoms with Crippen LogP contribution in [0.4, 0.5) is 0 Å². The molecule has 1 amide bonds. The molecule has 1 aliphatic rings. The lowest BCUT2D eigenvalue weighted by atomic mass is 10.0. The van der Waals surface area contributed by atoms with E-state index < -0.39 is 5.97 Å². The number of carboxylic acids is 1. The van der Waals surface area contributed by atoms with Crippen molar-refractivity contribution in [2.24, 2.45) is 0 Å². The molecule has 0 saturated carbocycles. The molecular formula is C19H19NO4. The number of hydrogen-bond acceptors (Lipinski definition) is 3. The van der Waals surface area contributed by atoms with E-state index in [1.165, 1.54) is 6.07 Å². The van der Waals surface area contributed by atoms with Crippen LogP contribution < -0.4 is 5.32 Å². The molecule has 0 spiro atoms. The Kier molecular flexibility index (Phi) is 4.25. The second-order valence-electron chi connectivity index (χ2n) is 6.13. The summed E-state index contributed by atoms with van der Waals surface area (Å²) < 4.78 is 0. The predicted octanol–water partition coefficient (Wildman–Crippen LogP) is 2.75. The van der Waals surface area contributed by atoms with Crippen molar-refractivity contribution >= 4 is 11.9 Å². The smallest absolute Gasteiger partial charge is 0.335 e. The Hall–Kier alpha value is -2.82. The molecule has 24 heavy (non-hydrogen) atoms. The first-order valence-electron chi connectivity index (χ1n) is 7.88. The number of hydrogen-bond donors (Lipinski definition) is 3. The minimum Gasteiger partial charge on any atom is -0.508 e. The fourth-order valence-electron chi connectivity index (χ4n) is 3.23. The van der Waals surface area contributed by atoms with Crippen LogP contribution in [0.1, 0.15) is 45.1 Å². The van der Waals surface area contributed by atoms with E-state index in [-0.39, 0.29) is 29.7 Å². The third kappa shape index (κ3) is 3.11. The SMILES string of the molecule is Cc1cc(C(=O)O)ccc1CC(=O)NC1CCc2c(O)cccc21. The maximum Gasteiger partial charge on any atom is 0.335 e. The van der Waals surface area contributed by atoms with E-state index in [0.717, 1.165) is 35.1 Å². The van der Waals surface area contributed by atoms with Gasteiger partial charge in [-0.15, -0.1) is 0 Å². The normalized spacial score (nSPS) is 15.8. The van der Waals surface area contributed by atoms with Gasteiger partial charge in [0.25, 0.3) is 0 Å². The fraction of sp³-hybridized carbons (Fsp3) is 0.263. The van der Waals surface area contributed by atoms with E-state index in [9.17, 15) is 14.7 Å². The van der Waals surface area contributed by atoms with Crippen molar-refractivity contribution in [3.05, 3.63) is 64.2 Å². The highest BCUT2D eigenvalue weighted by atomic mass is 16.4. The number of phenols is 1. The Balaban J connectivity index is 1.70. The van der Waals surface area contributed by atoms with Crippen molar-refractivity contribution in [2.45, 2.75) is 32.2 Å². The van der Waals surface area contributed by atoms with E-state index >= 15 is 0 Å². The lowest BCUT2D eigenvalue weighted by Crippen LogP contribution is -2.28. The molecule has 2 aromatic rings. The van der Waals surface area contributed by atoms with Crippen LogP contribution in [-0.2, 0) is 17.6 Å². The molecule has 0 heterocycles. The van der Waals surface area contributed by atoms with Gasteiger partial charge < -0.3 is 15.5 Å². The molecule has 2 aromatic carbocycles. The van der Waals surface area contributed by atoms with Crippen LogP contribution in [0.15, 0.2) is 36.4 Å². The van der Waals surface area contributed by atoms with E-state index in [0.29, 0.717) is 0 Å². The summed E-state index contributed by atoms with van der Waals surface area (Å²) in [6.07, 6.45) is 1.73. The van der Waals surface area contributed by atoms with Gasteiger partial charge in [0, 0.05) is 0 Å². The van der Waals surface area contributed by atoms with E-state index in [1.807, 2.05) is 6.07 Å². The van der Waals surface area contributed by atoms with Crippen molar-refractivity contribution in [1.29, 1.82) is 0 Å². The topological polar surface area (TPSA) is 86.6 Å². The van der Waals surface area contributed by atoms with Gasteiger partial charge in [-0.05, 0) is 60.2 Å². The van der Waals surface area contributed by atoms with E-state index in [4.69, 9.17) is 5.11 Å². The molecule has 1 unspecified atom stereocenters. The number of amides is 1. The summed E-state index contributed by atoms with van der Waals surface area (Å²) in [7, 11) is 0. The molecule has 0 aromatic heterocycles. The van der Waals surface area contributed by atoms with Gasteiger partial charge in [-0.25, -0.2) is 4.79 Å². The summed E-state index contributed by atoms with van der Waals surface area (Å²) in [6.45, 7) is 1.80. The average molecular weight is 325 g/mol. The van der Waals surface area contributed by atoms with Crippen LogP contribution in [-0.4, -0.2) is 22.1 Å². The van der Waals surface area contributed by atoms with Gasteiger partial charge in [-0.3, -0.25) is 4.79 Å². The second kappa shape index (κ2) is 6.35. The summed E-state index contributed by atoms with van der Waals surface area (Å²) in [5, 5.41) is 21.9. The zero-order valence-corrected chi connectivity index (χ0v) is 13.4. The molecule has 5 nitrogen and oxygen atoms in total. The molecular weight excluding hydrogens is 306 g/mol. The molecule has 0 saturated heterocycles. The first kappa shape index (κ1) is 16.1. The molecule has 3 N–H and O–H groups in total. The molecule has 0 bridgehead atoms. The number of carbonyl (C=O) groups is 2. The maximum absolute atomic E-state index is 12.3. The Morgan fingerprint density at radius 1 is 1.25 bits per heavy atom. The molecule has 124 valence electrons. The van der Waals surface area contributed by atoms with Crippen molar-refractivity contribution in [3.63, 3.8) is 0 Å². The Bertz CT molecular complexity index is 813. The Labute approximate surface area is 139 Å². The second-order valence-corrected chi connectivity index (χ2v) is 6.13. The number of phenolic OH excluding ortho intramolecular Hbond substituents is 1. The molecule has 3 rings (SSSR count). The van der Waals surface area contributed by atoms with Gasteiger partial charge in [-0.2, -0.15) is 0 Å². The highest BCUT2D eigenvalue weighted by molar-refractivity contribution is 5.88. The standard InChI is InChI=1S/C19H19NO4/c1-11-9-13(19(23)24)6-5-12(11)10-18(22)20-16-8-7-15-14(16)3-2-4-17(15)21/h2-6,9,16,21H,7-8,10H2,1H3,(H,20,22)(H,23,24). The third-order valence-corrected chi connectivity index (χ3v) is 4.52.